The summed E-state index contributed by atoms with van der Waals surface area (Å²) in [5.74, 6) is -0.227. The molecule has 0 N–H and O–H groups in total. The first kappa shape index (κ1) is 14.5. The summed E-state index contributed by atoms with van der Waals surface area (Å²) in [6.45, 7) is 3.30. The molecule has 0 atom stereocenters. The fourth-order valence-electron chi connectivity index (χ4n) is 2.74. The third kappa shape index (κ3) is 2.93. The first-order chi connectivity index (χ1) is 10.6. The second-order valence-corrected chi connectivity index (χ2v) is 5.45. The lowest BCUT2D eigenvalue weighted by molar-refractivity contribution is -0.128. The van der Waals surface area contributed by atoms with Gasteiger partial charge in [-0.25, -0.2) is 4.79 Å². The van der Waals surface area contributed by atoms with E-state index >= 15 is 0 Å². The van der Waals surface area contributed by atoms with E-state index in [0.29, 0.717) is 18.5 Å². The zero-order chi connectivity index (χ0) is 15.5. The predicted octanol–water partition coefficient (Wildman–Crippen LogP) is 2.32. The van der Waals surface area contributed by atoms with Crippen molar-refractivity contribution >= 4 is 22.8 Å². The Bertz CT molecular complexity index is 727. The molecule has 1 aliphatic rings. The summed E-state index contributed by atoms with van der Waals surface area (Å²) >= 11 is 0. The summed E-state index contributed by atoms with van der Waals surface area (Å²) in [4.78, 5) is 30.0. The van der Waals surface area contributed by atoms with Crippen molar-refractivity contribution in [2.75, 3.05) is 19.7 Å². The van der Waals surface area contributed by atoms with Crippen molar-refractivity contribution in [2.24, 2.45) is 0 Å². The maximum Gasteiger partial charge on any atom is 0.338 e. The van der Waals surface area contributed by atoms with Gasteiger partial charge in [0.05, 0.1) is 17.6 Å². The normalized spacial score (nSPS) is 14.6. The van der Waals surface area contributed by atoms with Gasteiger partial charge in [-0.05, 0) is 25.5 Å². The van der Waals surface area contributed by atoms with Crippen LogP contribution in [0.25, 0.3) is 10.9 Å². The molecule has 1 aliphatic heterocycles. The highest BCUT2D eigenvalue weighted by atomic mass is 16.5. The highest BCUT2D eigenvalue weighted by Gasteiger charge is 2.20. The zero-order valence-electron chi connectivity index (χ0n) is 12.5. The number of nitrogens with zero attached hydrogens (tertiary/aromatic N) is 2. The lowest BCUT2D eigenvalue weighted by atomic mass is 10.1. The van der Waals surface area contributed by atoms with E-state index in [9.17, 15) is 9.59 Å². The van der Waals surface area contributed by atoms with E-state index in [1.807, 2.05) is 31.2 Å². The average molecular weight is 298 g/mol. The van der Waals surface area contributed by atoms with Crippen molar-refractivity contribution in [2.45, 2.75) is 19.8 Å². The van der Waals surface area contributed by atoms with E-state index in [1.165, 1.54) is 0 Å². The third-order valence-corrected chi connectivity index (χ3v) is 3.83. The minimum atomic E-state index is -0.367. The summed E-state index contributed by atoms with van der Waals surface area (Å²) in [5, 5.41) is 0.787. The molecule has 0 bridgehead atoms. The number of aryl methyl sites for hydroxylation is 1. The number of hydrogen-bond donors (Lipinski definition) is 0. The SMILES string of the molecule is Cc1cc(C(=O)OCCN2CCCC2=O)c2ccccc2n1. The Balaban J connectivity index is 1.71. The van der Waals surface area contributed by atoms with Crippen molar-refractivity contribution in [3.8, 4) is 0 Å². The molecule has 2 aromatic rings. The van der Waals surface area contributed by atoms with Crippen LogP contribution >= 0.6 is 0 Å². The number of amides is 1. The van der Waals surface area contributed by atoms with E-state index < -0.39 is 0 Å². The van der Waals surface area contributed by atoms with Gasteiger partial charge in [0.2, 0.25) is 5.91 Å². The molecule has 1 aromatic carbocycles. The molecule has 1 fully saturated rings. The van der Waals surface area contributed by atoms with Crippen LogP contribution in [0.4, 0.5) is 0 Å². The number of carbonyl (C=O) groups excluding carboxylic acids is 2. The van der Waals surface area contributed by atoms with Gasteiger partial charge in [-0.1, -0.05) is 18.2 Å². The molecular weight excluding hydrogens is 280 g/mol. The van der Waals surface area contributed by atoms with Crippen LogP contribution in [-0.4, -0.2) is 41.5 Å². The van der Waals surface area contributed by atoms with Crippen molar-refractivity contribution in [3.05, 3.63) is 41.6 Å². The van der Waals surface area contributed by atoms with Crippen LogP contribution in [0.5, 0.6) is 0 Å². The molecule has 0 saturated carbocycles. The van der Waals surface area contributed by atoms with Crippen molar-refractivity contribution in [1.82, 2.24) is 9.88 Å². The molecular formula is C17H18N2O3. The second-order valence-electron chi connectivity index (χ2n) is 5.45. The van der Waals surface area contributed by atoms with Gasteiger partial charge in [-0.15, -0.1) is 0 Å². The molecule has 1 saturated heterocycles. The molecule has 1 amide bonds. The molecule has 114 valence electrons. The third-order valence-electron chi connectivity index (χ3n) is 3.83. The van der Waals surface area contributed by atoms with Crippen LogP contribution in [0.1, 0.15) is 28.9 Å². The fraction of sp³-hybridized carbons (Fsp3) is 0.353. The molecule has 0 spiro atoms. The number of hydrogen-bond acceptors (Lipinski definition) is 4. The number of fused-ring (bicyclic) bond motifs is 1. The van der Waals surface area contributed by atoms with Gasteiger partial charge in [0, 0.05) is 24.0 Å². The van der Waals surface area contributed by atoms with E-state index in [2.05, 4.69) is 4.98 Å². The van der Waals surface area contributed by atoms with E-state index in [1.54, 1.807) is 11.0 Å². The number of aromatic nitrogens is 1. The van der Waals surface area contributed by atoms with E-state index in [4.69, 9.17) is 4.74 Å². The number of rotatable bonds is 4. The Morgan fingerprint density at radius 1 is 1.36 bits per heavy atom. The highest BCUT2D eigenvalue weighted by Crippen LogP contribution is 2.19. The summed E-state index contributed by atoms with van der Waals surface area (Å²) in [7, 11) is 0. The first-order valence-corrected chi connectivity index (χ1v) is 7.46. The monoisotopic (exact) mass is 298 g/mol. The number of esters is 1. The standard InChI is InChI=1S/C17H18N2O3/c1-12-11-14(13-5-2-3-6-15(13)18-12)17(21)22-10-9-19-8-4-7-16(19)20/h2-3,5-6,11H,4,7-10H2,1H3. The number of pyridine rings is 1. The first-order valence-electron chi connectivity index (χ1n) is 7.46. The molecule has 0 radical (unpaired) electrons. The Kier molecular flexibility index (Phi) is 4.04. The van der Waals surface area contributed by atoms with Gasteiger partial charge in [-0.3, -0.25) is 9.78 Å². The van der Waals surface area contributed by atoms with Gasteiger partial charge < -0.3 is 9.64 Å². The quantitative estimate of drug-likeness (QED) is 0.813. The predicted molar refractivity (Wildman–Crippen MR) is 82.6 cm³/mol. The molecule has 3 rings (SSSR count). The van der Waals surface area contributed by atoms with Gasteiger partial charge >= 0.3 is 5.97 Å². The summed E-state index contributed by atoms with van der Waals surface area (Å²) < 4.78 is 5.34. The number of ether oxygens (including phenoxy) is 1. The van der Waals surface area contributed by atoms with Crippen LogP contribution in [0.15, 0.2) is 30.3 Å². The second kappa shape index (κ2) is 6.13. The molecule has 2 heterocycles. The van der Waals surface area contributed by atoms with Crippen molar-refractivity contribution in [1.29, 1.82) is 0 Å². The number of benzene rings is 1. The summed E-state index contributed by atoms with van der Waals surface area (Å²) in [6, 6.07) is 9.25. The van der Waals surface area contributed by atoms with Crippen LogP contribution < -0.4 is 0 Å². The zero-order valence-corrected chi connectivity index (χ0v) is 12.5. The maximum absolute atomic E-state index is 12.3. The lowest BCUT2D eigenvalue weighted by Crippen LogP contribution is -2.29. The Morgan fingerprint density at radius 3 is 2.95 bits per heavy atom. The van der Waals surface area contributed by atoms with Crippen molar-refractivity contribution < 1.29 is 14.3 Å². The Morgan fingerprint density at radius 2 is 2.18 bits per heavy atom. The minimum Gasteiger partial charge on any atom is -0.460 e. The van der Waals surface area contributed by atoms with Gasteiger partial charge in [0.15, 0.2) is 0 Å². The maximum atomic E-state index is 12.3. The van der Waals surface area contributed by atoms with Crippen LogP contribution in [0, 0.1) is 6.92 Å². The number of para-hydroxylation sites is 1. The van der Waals surface area contributed by atoms with Gasteiger partial charge in [0.1, 0.15) is 6.61 Å². The van der Waals surface area contributed by atoms with E-state index in [0.717, 1.165) is 29.6 Å². The average Bonchev–Trinajstić information content (AvgIpc) is 2.91. The van der Waals surface area contributed by atoms with E-state index in [-0.39, 0.29) is 18.5 Å². The molecule has 5 heteroatoms. The van der Waals surface area contributed by atoms with Gasteiger partial charge in [0.25, 0.3) is 0 Å². The number of likely N-dealkylation sites (tertiary alicyclic amines) is 1. The Labute approximate surface area is 128 Å². The summed E-state index contributed by atoms with van der Waals surface area (Å²) in [6.07, 6.45) is 1.49. The van der Waals surface area contributed by atoms with Gasteiger partial charge in [-0.2, -0.15) is 0 Å². The number of carbonyl (C=O) groups is 2. The molecule has 0 unspecified atom stereocenters. The van der Waals surface area contributed by atoms with Crippen molar-refractivity contribution in [3.63, 3.8) is 0 Å². The van der Waals surface area contributed by atoms with Crippen LogP contribution in [-0.2, 0) is 9.53 Å². The summed E-state index contributed by atoms with van der Waals surface area (Å²) in [5.41, 5.74) is 2.08. The molecule has 22 heavy (non-hydrogen) atoms. The van der Waals surface area contributed by atoms with Crippen LogP contribution in [0.2, 0.25) is 0 Å². The fourth-order valence-corrected chi connectivity index (χ4v) is 2.74. The highest BCUT2D eigenvalue weighted by molar-refractivity contribution is 6.03. The topological polar surface area (TPSA) is 59.5 Å². The molecule has 0 aliphatic carbocycles. The minimum absolute atomic E-state index is 0.140. The Hall–Kier alpha value is -2.43. The molecule has 5 nitrogen and oxygen atoms in total. The van der Waals surface area contributed by atoms with Crippen LogP contribution in [0.3, 0.4) is 0 Å². The lowest BCUT2D eigenvalue weighted by Gasteiger charge is -2.15. The smallest absolute Gasteiger partial charge is 0.338 e. The largest absolute Gasteiger partial charge is 0.460 e. The molecule has 1 aromatic heterocycles.